The highest BCUT2D eigenvalue weighted by Crippen LogP contribution is 2.33. The van der Waals surface area contributed by atoms with E-state index in [2.05, 4.69) is 18.0 Å². The highest BCUT2D eigenvalue weighted by molar-refractivity contribution is 5.98. The van der Waals surface area contributed by atoms with Gasteiger partial charge < -0.3 is 19.9 Å². The molecular formula is C25H29NO5. The van der Waals surface area contributed by atoms with Gasteiger partial charge in [-0.25, -0.2) is 4.79 Å². The number of ether oxygens (including phenoxy) is 2. The van der Waals surface area contributed by atoms with Crippen molar-refractivity contribution in [1.29, 1.82) is 0 Å². The number of carboxylic acids is 1. The summed E-state index contributed by atoms with van der Waals surface area (Å²) in [5.41, 5.74) is 2.42. The summed E-state index contributed by atoms with van der Waals surface area (Å²) in [5.74, 6) is -0.496. The van der Waals surface area contributed by atoms with Gasteiger partial charge in [0.25, 0.3) is 5.91 Å². The minimum atomic E-state index is -1.27. The van der Waals surface area contributed by atoms with Gasteiger partial charge in [0.05, 0.1) is 13.7 Å². The van der Waals surface area contributed by atoms with Crippen molar-refractivity contribution >= 4 is 11.9 Å². The smallest absolute Gasteiger partial charge is 0.329 e. The third kappa shape index (κ3) is 5.45. The lowest BCUT2D eigenvalue weighted by atomic mass is 9.79. The van der Waals surface area contributed by atoms with Crippen LogP contribution in [0.3, 0.4) is 0 Å². The zero-order valence-corrected chi connectivity index (χ0v) is 18.1. The molecule has 1 aliphatic rings. The third-order valence-corrected chi connectivity index (χ3v) is 5.73. The first-order chi connectivity index (χ1) is 14.8. The van der Waals surface area contributed by atoms with Crippen molar-refractivity contribution in [2.24, 2.45) is 0 Å². The molecule has 2 aromatic carbocycles. The molecular weight excluding hydrogens is 394 g/mol. The fraction of sp³-hybridized carbons (Fsp3) is 0.360. The molecule has 0 spiro atoms. The van der Waals surface area contributed by atoms with Crippen LogP contribution in [0.1, 0.15) is 47.2 Å². The Balaban J connectivity index is 1.72. The number of amides is 1. The van der Waals surface area contributed by atoms with Crippen LogP contribution < -0.4 is 14.8 Å². The number of nitrogens with one attached hydrogen (secondary N) is 1. The average Bonchev–Trinajstić information content (AvgIpc) is 2.75. The maximum Gasteiger partial charge on any atom is 0.329 e. The maximum absolute atomic E-state index is 12.9. The van der Waals surface area contributed by atoms with E-state index in [1.54, 1.807) is 18.2 Å². The summed E-state index contributed by atoms with van der Waals surface area (Å²) in [7, 11) is 1.54. The summed E-state index contributed by atoms with van der Waals surface area (Å²) < 4.78 is 11.3. The van der Waals surface area contributed by atoms with Gasteiger partial charge in [-0.05, 0) is 56.4 Å². The van der Waals surface area contributed by atoms with E-state index in [0.717, 1.165) is 11.1 Å². The van der Waals surface area contributed by atoms with Crippen LogP contribution >= 0.6 is 0 Å². The lowest BCUT2D eigenvalue weighted by molar-refractivity contribution is -0.145. The zero-order chi connectivity index (χ0) is 22.4. The van der Waals surface area contributed by atoms with Crippen molar-refractivity contribution in [2.75, 3.05) is 13.7 Å². The highest BCUT2D eigenvalue weighted by Gasteiger charge is 2.42. The largest absolute Gasteiger partial charge is 0.493 e. The molecule has 1 fully saturated rings. The Bertz CT molecular complexity index is 972. The maximum atomic E-state index is 12.9. The fourth-order valence-corrected chi connectivity index (χ4v) is 3.79. The lowest BCUT2D eigenvalue weighted by Crippen LogP contribution is -2.55. The molecule has 0 atom stereocenters. The van der Waals surface area contributed by atoms with E-state index in [9.17, 15) is 14.7 Å². The van der Waals surface area contributed by atoms with Crippen LogP contribution in [0.5, 0.6) is 11.5 Å². The van der Waals surface area contributed by atoms with Gasteiger partial charge in [-0.3, -0.25) is 4.79 Å². The number of benzene rings is 2. The molecule has 0 radical (unpaired) electrons. The SMILES string of the molecule is C=C1CCC(NC(=O)c2ccc(OC)c(OCCc3cccc(C)c3)c2)(C(=O)O)CC1. The minimum Gasteiger partial charge on any atom is -0.493 e. The van der Waals surface area contributed by atoms with E-state index in [4.69, 9.17) is 9.47 Å². The van der Waals surface area contributed by atoms with Gasteiger partial charge in [0.2, 0.25) is 0 Å². The Morgan fingerprint density at radius 3 is 2.52 bits per heavy atom. The van der Waals surface area contributed by atoms with E-state index in [0.29, 0.717) is 55.8 Å². The first-order valence-electron chi connectivity index (χ1n) is 10.4. The van der Waals surface area contributed by atoms with Crippen LogP contribution in [-0.2, 0) is 11.2 Å². The second kappa shape index (κ2) is 9.69. The predicted octanol–water partition coefficient (Wildman–Crippen LogP) is 4.31. The predicted molar refractivity (Wildman–Crippen MR) is 119 cm³/mol. The molecule has 1 saturated carbocycles. The third-order valence-electron chi connectivity index (χ3n) is 5.73. The number of aliphatic carboxylic acids is 1. The molecule has 164 valence electrons. The van der Waals surface area contributed by atoms with Crippen molar-refractivity contribution in [1.82, 2.24) is 5.32 Å². The Morgan fingerprint density at radius 2 is 1.87 bits per heavy atom. The number of carboxylic acid groups (broad SMARTS) is 1. The van der Waals surface area contributed by atoms with Gasteiger partial charge in [-0.2, -0.15) is 0 Å². The summed E-state index contributed by atoms with van der Waals surface area (Å²) in [6.07, 6.45) is 2.56. The average molecular weight is 424 g/mol. The Labute approximate surface area is 182 Å². The molecule has 3 rings (SSSR count). The van der Waals surface area contributed by atoms with Gasteiger partial charge in [0, 0.05) is 12.0 Å². The lowest BCUT2D eigenvalue weighted by Gasteiger charge is -2.34. The molecule has 0 unspecified atom stereocenters. The number of carbonyl (C=O) groups is 2. The van der Waals surface area contributed by atoms with Crippen LogP contribution in [0.4, 0.5) is 0 Å². The van der Waals surface area contributed by atoms with Crippen molar-refractivity contribution < 1.29 is 24.2 Å². The van der Waals surface area contributed by atoms with E-state index in [-0.39, 0.29) is 0 Å². The van der Waals surface area contributed by atoms with Crippen LogP contribution in [0.25, 0.3) is 0 Å². The Hall–Kier alpha value is -3.28. The quantitative estimate of drug-likeness (QED) is 0.618. The second-order valence-corrected chi connectivity index (χ2v) is 8.04. The van der Waals surface area contributed by atoms with E-state index in [1.165, 1.54) is 12.7 Å². The molecule has 31 heavy (non-hydrogen) atoms. The van der Waals surface area contributed by atoms with E-state index < -0.39 is 17.4 Å². The summed E-state index contributed by atoms with van der Waals surface area (Å²) in [4.78, 5) is 24.8. The van der Waals surface area contributed by atoms with Gasteiger partial charge in [0.1, 0.15) is 5.54 Å². The number of allylic oxidation sites excluding steroid dienone is 1. The van der Waals surface area contributed by atoms with Gasteiger partial charge in [0.15, 0.2) is 11.5 Å². The van der Waals surface area contributed by atoms with Crippen molar-refractivity contribution in [3.8, 4) is 11.5 Å². The molecule has 6 heteroatoms. The molecule has 0 saturated heterocycles. The number of hydrogen-bond donors (Lipinski definition) is 2. The van der Waals surface area contributed by atoms with Crippen molar-refractivity contribution in [3.05, 3.63) is 71.3 Å². The normalized spacial score (nSPS) is 15.2. The van der Waals surface area contributed by atoms with E-state index in [1.807, 2.05) is 25.1 Å². The van der Waals surface area contributed by atoms with Crippen LogP contribution in [0.15, 0.2) is 54.6 Å². The zero-order valence-electron chi connectivity index (χ0n) is 18.1. The van der Waals surface area contributed by atoms with Crippen LogP contribution in [0, 0.1) is 6.92 Å². The summed E-state index contributed by atoms with van der Waals surface area (Å²) in [5, 5.41) is 12.5. The fourth-order valence-electron chi connectivity index (χ4n) is 3.79. The minimum absolute atomic E-state index is 0.330. The van der Waals surface area contributed by atoms with E-state index >= 15 is 0 Å². The van der Waals surface area contributed by atoms with Gasteiger partial charge in [-0.15, -0.1) is 0 Å². The van der Waals surface area contributed by atoms with Gasteiger partial charge >= 0.3 is 5.97 Å². The van der Waals surface area contributed by atoms with Crippen molar-refractivity contribution in [2.45, 2.75) is 44.6 Å². The molecule has 1 amide bonds. The van der Waals surface area contributed by atoms with Crippen LogP contribution in [-0.4, -0.2) is 36.2 Å². The first-order valence-corrected chi connectivity index (χ1v) is 10.4. The Morgan fingerprint density at radius 1 is 1.13 bits per heavy atom. The number of carbonyl (C=O) groups excluding carboxylic acids is 1. The first kappa shape index (κ1) is 22.4. The molecule has 2 aromatic rings. The molecule has 0 aliphatic heterocycles. The Kier molecular flexibility index (Phi) is 7.00. The summed E-state index contributed by atoms with van der Waals surface area (Å²) in [6, 6.07) is 13.1. The summed E-state index contributed by atoms with van der Waals surface area (Å²) >= 11 is 0. The monoisotopic (exact) mass is 423 g/mol. The molecule has 1 aliphatic carbocycles. The topological polar surface area (TPSA) is 84.9 Å². The molecule has 0 aromatic heterocycles. The number of methoxy groups -OCH3 is 1. The van der Waals surface area contributed by atoms with Crippen LogP contribution in [0.2, 0.25) is 0 Å². The number of rotatable bonds is 8. The highest BCUT2D eigenvalue weighted by atomic mass is 16.5. The molecule has 0 heterocycles. The number of aryl methyl sites for hydroxylation is 1. The molecule has 6 nitrogen and oxygen atoms in total. The molecule has 0 bridgehead atoms. The number of hydrogen-bond acceptors (Lipinski definition) is 4. The molecule has 2 N–H and O–H groups in total. The second-order valence-electron chi connectivity index (χ2n) is 8.04. The summed E-state index contributed by atoms with van der Waals surface area (Å²) in [6.45, 7) is 6.39. The standard InChI is InChI=1S/C25H29NO5/c1-17-9-12-25(13-10-17,24(28)29)26-23(27)20-7-8-21(30-3)22(16-20)31-14-11-19-6-4-5-18(2)15-19/h4-8,15-16H,1,9-14H2,2-3H3,(H,26,27)(H,28,29). The van der Waals surface area contributed by atoms with Gasteiger partial charge in [-0.1, -0.05) is 42.0 Å². The van der Waals surface area contributed by atoms with Crippen molar-refractivity contribution in [3.63, 3.8) is 0 Å².